The van der Waals surface area contributed by atoms with Gasteiger partial charge in [-0.05, 0) is 32.4 Å². The fourth-order valence-electron chi connectivity index (χ4n) is 2.41. The number of hydrogen-bond donors (Lipinski definition) is 1. The Morgan fingerprint density at radius 1 is 1.47 bits per heavy atom. The average molecular weight is 207 g/mol. The molecule has 0 saturated carbocycles. The molecule has 3 nitrogen and oxygen atoms in total. The van der Waals surface area contributed by atoms with E-state index < -0.39 is 0 Å². The Labute approximate surface area is 91.9 Å². The van der Waals surface area contributed by atoms with Crippen LogP contribution in [0.15, 0.2) is 6.20 Å². The van der Waals surface area contributed by atoms with Gasteiger partial charge in [-0.1, -0.05) is 13.3 Å². The molecule has 0 bridgehead atoms. The van der Waals surface area contributed by atoms with Gasteiger partial charge in [0.25, 0.3) is 0 Å². The van der Waals surface area contributed by atoms with E-state index >= 15 is 0 Å². The second-order valence-corrected chi connectivity index (χ2v) is 4.44. The average Bonchev–Trinajstić information content (AvgIpc) is 2.63. The predicted octanol–water partition coefficient (Wildman–Crippen LogP) is 1.84. The van der Waals surface area contributed by atoms with Gasteiger partial charge in [-0.3, -0.25) is 0 Å². The fourth-order valence-corrected chi connectivity index (χ4v) is 2.41. The molecule has 0 aromatic carbocycles. The molecule has 0 radical (unpaired) electrons. The van der Waals surface area contributed by atoms with Crippen LogP contribution in [-0.4, -0.2) is 22.6 Å². The van der Waals surface area contributed by atoms with Crippen LogP contribution in [0.5, 0.6) is 0 Å². The Hall–Kier alpha value is -0.830. The van der Waals surface area contributed by atoms with Crippen LogP contribution in [0.2, 0.25) is 0 Å². The largest absolute Gasteiger partial charge is 0.335 e. The van der Waals surface area contributed by atoms with Gasteiger partial charge in [0.2, 0.25) is 0 Å². The standard InChI is InChI=1S/C12H21N3/c1-3-4-11-9-14-12(15(11)2)10-5-7-13-8-6-10/h9-10,13H,3-8H2,1-2H3. The minimum atomic E-state index is 0.668. The van der Waals surface area contributed by atoms with Crippen LogP contribution in [0.1, 0.15) is 43.6 Å². The first-order chi connectivity index (χ1) is 7.33. The number of nitrogens with one attached hydrogen (secondary N) is 1. The number of aromatic nitrogens is 2. The van der Waals surface area contributed by atoms with Gasteiger partial charge in [0.05, 0.1) is 0 Å². The molecule has 3 heteroatoms. The molecule has 1 aromatic rings. The highest BCUT2D eigenvalue weighted by atomic mass is 15.1. The summed E-state index contributed by atoms with van der Waals surface area (Å²) >= 11 is 0. The van der Waals surface area contributed by atoms with E-state index in [-0.39, 0.29) is 0 Å². The lowest BCUT2D eigenvalue weighted by Gasteiger charge is -2.22. The van der Waals surface area contributed by atoms with E-state index in [0.717, 1.165) is 19.5 Å². The van der Waals surface area contributed by atoms with Crippen molar-refractivity contribution >= 4 is 0 Å². The molecule has 1 saturated heterocycles. The quantitative estimate of drug-likeness (QED) is 0.819. The van der Waals surface area contributed by atoms with Gasteiger partial charge in [0.15, 0.2) is 0 Å². The van der Waals surface area contributed by atoms with Crippen molar-refractivity contribution in [2.24, 2.45) is 7.05 Å². The van der Waals surface area contributed by atoms with E-state index in [2.05, 4.69) is 35.0 Å². The molecule has 1 N–H and O–H groups in total. The Morgan fingerprint density at radius 2 is 2.20 bits per heavy atom. The van der Waals surface area contributed by atoms with E-state index in [0.29, 0.717) is 5.92 Å². The third-order valence-electron chi connectivity index (χ3n) is 3.33. The highest BCUT2D eigenvalue weighted by Crippen LogP contribution is 2.24. The van der Waals surface area contributed by atoms with Crippen LogP contribution in [0, 0.1) is 0 Å². The topological polar surface area (TPSA) is 29.9 Å². The lowest BCUT2D eigenvalue weighted by molar-refractivity contribution is 0.436. The molecule has 0 amide bonds. The van der Waals surface area contributed by atoms with Crippen molar-refractivity contribution in [3.05, 3.63) is 17.7 Å². The summed E-state index contributed by atoms with van der Waals surface area (Å²) < 4.78 is 2.31. The maximum Gasteiger partial charge on any atom is 0.111 e. The van der Waals surface area contributed by atoms with E-state index in [1.165, 1.54) is 30.8 Å². The molecule has 0 unspecified atom stereocenters. The molecule has 1 aromatic heterocycles. The molecule has 1 aliphatic rings. The van der Waals surface area contributed by atoms with Gasteiger partial charge in [-0.15, -0.1) is 0 Å². The van der Waals surface area contributed by atoms with Crippen molar-refractivity contribution in [2.75, 3.05) is 13.1 Å². The summed E-state index contributed by atoms with van der Waals surface area (Å²) in [5, 5.41) is 3.40. The van der Waals surface area contributed by atoms with Crippen LogP contribution in [0.3, 0.4) is 0 Å². The van der Waals surface area contributed by atoms with E-state index in [9.17, 15) is 0 Å². The molecule has 0 aliphatic carbocycles. The van der Waals surface area contributed by atoms with Crippen LogP contribution in [-0.2, 0) is 13.5 Å². The number of aryl methyl sites for hydroxylation is 1. The smallest absolute Gasteiger partial charge is 0.111 e. The summed E-state index contributed by atoms with van der Waals surface area (Å²) in [5.74, 6) is 1.96. The SMILES string of the molecule is CCCc1cnc(C2CCNCC2)n1C. The second kappa shape index (κ2) is 4.79. The number of piperidine rings is 1. The zero-order valence-corrected chi connectivity index (χ0v) is 9.79. The summed E-state index contributed by atoms with van der Waals surface area (Å²) in [5.41, 5.74) is 1.38. The maximum absolute atomic E-state index is 4.59. The summed E-state index contributed by atoms with van der Waals surface area (Å²) in [6.07, 6.45) is 6.87. The first kappa shape index (κ1) is 10.7. The molecular weight excluding hydrogens is 186 g/mol. The van der Waals surface area contributed by atoms with Crippen molar-refractivity contribution < 1.29 is 0 Å². The Kier molecular flexibility index (Phi) is 3.41. The molecule has 2 heterocycles. The van der Waals surface area contributed by atoms with Crippen molar-refractivity contribution in [1.82, 2.24) is 14.9 Å². The lowest BCUT2D eigenvalue weighted by atomic mass is 9.97. The van der Waals surface area contributed by atoms with E-state index in [1.54, 1.807) is 0 Å². The maximum atomic E-state index is 4.59. The zero-order chi connectivity index (χ0) is 10.7. The van der Waals surface area contributed by atoms with Crippen LogP contribution in [0.25, 0.3) is 0 Å². The van der Waals surface area contributed by atoms with Crippen molar-refractivity contribution in [1.29, 1.82) is 0 Å². The van der Waals surface area contributed by atoms with Crippen molar-refractivity contribution in [2.45, 2.75) is 38.5 Å². The molecule has 1 aliphatic heterocycles. The third-order valence-corrected chi connectivity index (χ3v) is 3.33. The molecule has 0 spiro atoms. The number of hydrogen-bond acceptors (Lipinski definition) is 2. The van der Waals surface area contributed by atoms with Crippen LogP contribution in [0.4, 0.5) is 0 Å². The first-order valence-corrected chi connectivity index (χ1v) is 6.04. The lowest BCUT2D eigenvalue weighted by Crippen LogP contribution is -2.28. The zero-order valence-electron chi connectivity index (χ0n) is 9.79. The van der Waals surface area contributed by atoms with Gasteiger partial charge in [-0.25, -0.2) is 4.98 Å². The van der Waals surface area contributed by atoms with Crippen LogP contribution >= 0.6 is 0 Å². The minimum Gasteiger partial charge on any atom is -0.335 e. The molecule has 0 atom stereocenters. The summed E-state index contributed by atoms with van der Waals surface area (Å²) in [6.45, 7) is 4.50. The van der Waals surface area contributed by atoms with E-state index in [1.807, 2.05) is 0 Å². The summed E-state index contributed by atoms with van der Waals surface area (Å²) in [4.78, 5) is 4.59. The first-order valence-electron chi connectivity index (χ1n) is 6.04. The normalized spacial score (nSPS) is 18.3. The Balaban J connectivity index is 2.13. The van der Waals surface area contributed by atoms with Gasteiger partial charge in [-0.2, -0.15) is 0 Å². The molecule has 2 rings (SSSR count). The van der Waals surface area contributed by atoms with Crippen LogP contribution < -0.4 is 5.32 Å². The number of rotatable bonds is 3. The summed E-state index contributed by atoms with van der Waals surface area (Å²) in [6, 6.07) is 0. The summed E-state index contributed by atoms with van der Waals surface area (Å²) in [7, 11) is 2.16. The molecule has 1 fully saturated rings. The molecule has 15 heavy (non-hydrogen) atoms. The monoisotopic (exact) mass is 207 g/mol. The van der Waals surface area contributed by atoms with Crippen molar-refractivity contribution in [3.8, 4) is 0 Å². The Bertz CT molecular complexity index is 311. The third kappa shape index (κ3) is 2.23. The fraction of sp³-hybridized carbons (Fsp3) is 0.750. The highest BCUT2D eigenvalue weighted by Gasteiger charge is 2.19. The molecular formula is C12H21N3. The molecule has 84 valence electrons. The van der Waals surface area contributed by atoms with Gasteiger partial charge >= 0.3 is 0 Å². The van der Waals surface area contributed by atoms with Gasteiger partial charge < -0.3 is 9.88 Å². The number of imidazole rings is 1. The highest BCUT2D eigenvalue weighted by molar-refractivity contribution is 5.09. The Morgan fingerprint density at radius 3 is 2.87 bits per heavy atom. The van der Waals surface area contributed by atoms with Gasteiger partial charge in [0, 0.05) is 24.9 Å². The minimum absolute atomic E-state index is 0.668. The number of nitrogens with zero attached hydrogens (tertiary/aromatic N) is 2. The van der Waals surface area contributed by atoms with Crippen molar-refractivity contribution in [3.63, 3.8) is 0 Å². The van der Waals surface area contributed by atoms with E-state index in [4.69, 9.17) is 0 Å². The predicted molar refractivity (Wildman–Crippen MR) is 62.0 cm³/mol. The second-order valence-electron chi connectivity index (χ2n) is 4.44. The van der Waals surface area contributed by atoms with Gasteiger partial charge in [0.1, 0.15) is 5.82 Å².